The summed E-state index contributed by atoms with van der Waals surface area (Å²) in [5.41, 5.74) is 3.16. The van der Waals surface area contributed by atoms with E-state index in [2.05, 4.69) is 36.3 Å². The van der Waals surface area contributed by atoms with Gasteiger partial charge in [0.2, 0.25) is 0 Å². The highest BCUT2D eigenvalue weighted by atomic mass is 16.5. The van der Waals surface area contributed by atoms with Gasteiger partial charge in [0.25, 0.3) is 0 Å². The second kappa shape index (κ2) is 7.79. The van der Waals surface area contributed by atoms with E-state index in [4.69, 9.17) is 4.74 Å². The molecule has 3 heteroatoms. The van der Waals surface area contributed by atoms with Crippen LogP contribution in [0, 0.1) is 12.8 Å². The van der Waals surface area contributed by atoms with E-state index in [-0.39, 0.29) is 0 Å². The molecule has 3 nitrogen and oxygen atoms in total. The lowest BCUT2D eigenvalue weighted by atomic mass is 10.2. The van der Waals surface area contributed by atoms with E-state index in [1.165, 1.54) is 5.56 Å². The van der Waals surface area contributed by atoms with Gasteiger partial charge in [-0.3, -0.25) is 4.98 Å². The maximum atomic E-state index is 5.93. The van der Waals surface area contributed by atoms with Crippen molar-refractivity contribution in [1.29, 1.82) is 0 Å². The van der Waals surface area contributed by atoms with Crippen LogP contribution in [0.2, 0.25) is 0 Å². The molecular formula is C18H24N2O. The Morgan fingerprint density at radius 3 is 2.57 bits per heavy atom. The number of hydrogen-bond donors (Lipinski definition) is 1. The summed E-state index contributed by atoms with van der Waals surface area (Å²) in [6.45, 7) is 8.69. The summed E-state index contributed by atoms with van der Waals surface area (Å²) in [6, 6.07) is 14.2. The second-order valence-electron chi connectivity index (χ2n) is 5.70. The van der Waals surface area contributed by atoms with Crippen LogP contribution in [-0.2, 0) is 13.2 Å². The monoisotopic (exact) mass is 284 g/mol. The Kier molecular flexibility index (Phi) is 5.76. The molecular weight excluding hydrogens is 260 g/mol. The third-order valence-electron chi connectivity index (χ3n) is 3.15. The van der Waals surface area contributed by atoms with Gasteiger partial charge in [-0.25, -0.2) is 0 Å². The molecule has 2 aromatic rings. The molecule has 1 aromatic heterocycles. The predicted octanol–water partition coefficient (Wildman–Crippen LogP) is 3.71. The summed E-state index contributed by atoms with van der Waals surface area (Å²) >= 11 is 0. The first kappa shape index (κ1) is 15.5. The van der Waals surface area contributed by atoms with Crippen LogP contribution in [-0.4, -0.2) is 11.5 Å². The maximum Gasteiger partial charge on any atom is 0.142 e. The summed E-state index contributed by atoms with van der Waals surface area (Å²) in [5, 5.41) is 3.42. The van der Waals surface area contributed by atoms with Gasteiger partial charge in [-0.05, 0) is 37.1 Å². The van der Waals surface area contributed by atoms with Crippen molar-refractivity contribution in [1.82, 2.24) is 10.3 Å². The zero-order chi connectivity index (χ0) is 15.1. The fourth-order valence-corrected chi connectivity index (χ4v) is 2.07. The van der Waals surface area contributed by atoms with Crippen molar-refractivity contribution in [2.45, 2.75) is 33.9 Å². The van der Waals surface area contributed by atoms with Crippen molar-refractivity contribution in [3.8, 4) is 5.75 Å². The van der Waals surface area contributed by atoms with Crippen molar-refractivity contribution in [2.75, 3.05) is 6.54 Å². The van der Waals surface area contributed by atoms with Crippen molar-refractivity contribution in [3.63, 3.8) is 0 Å². The lowest BCUT2D eigenvalue weighted by Gasteiger charge is -2.13. The molecule has 0 bridgehead atoms. The normalized spacial score (nSPS) is 10.9. The van der Waals surface area contributed by atoms with Crippen LogP contribution < -0.4 is 10.1 Å². The minimum atomic E-state index is 0.572. The Morgan fingerprint density at radius 2 is 1.86 bits per heavy atom. The molecule has 0 atom stereocenters. The SMILES string of the molecule is Cc1ccc(OCc2ccccc2)c(CNCC(C)C)n1. The van der Waals surface area contributed by atoms with Crippen molar-refractivity contribution in [2.24, 2.45) is 5.92 Å². The number of nitrogens with one attached hydrogen (secondary N) is 1. The number of benzene rings is 1. The van der Waals surface area contributed by atoms with Crippen LogP contribution >= 0.6 is 0 Å². The van der Waals surface area contributed by atoms with Crippen LogP contribution in [0.25, 0.3) is 0 Å². The van der Waals surface area contributed by atoms with Gasteiger partial charge in [0.05, 0.1) is 5.69 Å². The topological polar surface area (TPSA) is 34.1 Å². The summed E-state index contributed by atoms with van der Waals surface area (Å²) < 4.78 is 5.93. The molecule has 1 aromatic carbocycles. The fourth-order valence-electron chi connectivity index (χ4n) is 2.07. The average molecular weight is 284 g/mol. The Labute approximate surface area is 127 Å². The van der Waals surface area contributed by atoms with E-state index in [0.717, 1.165) is 30.2 Å². The number of pyridine rings is 1. The van der Waals surface area contributed by atoms with Crippen LogP contribution in [0.4, 0.5) is 0 Å². The van der Waals surface area contributed by atoms with E-state index in [1.54, 1.807) is 0 Å². The number of ether oxygens (including phenoxy) is 1. The first-order valence-corrected chi connectivity index (χ1v) is 7.49. The quantitative estimate of drug-likeness (QED) is 0.841. The van der Waals surface area contributed by atoms with E-state index in [9.17, 15) is 0 Å². The first-order valence-electron chi connectivity index (χ1n) is 7.49. The van der Waals surface area contributed by atoms with Crippen LogP contribution in [0.15, 0.2) is 42.5 Å². The highest BCUT2D eigenvalue weighted by molar-refractivity contribution is 5.29. The zero-order valence-electron chi connectivity index (χ0n) is 13.1. The van der Waals surface area contributed by atoms with Gasteiger partial charge in [-0.1, -0.05) is 44.2 Å². The predicted molar refractivity (Wildman–Crippen MR) is 86.3 cm³/mol. The molecule has 1 heterocycles. The van der Waals surface area contributed by atoms with Crippen LogP contribution in [0.3, 0.4) is 0 Å². The lowest BCUT2D eigenvalue weighted by molar-refractivity contribution is 0.300. The number of hydrogen-bond acceptors (Lipinski definition) is 3. The molecule has 0 saturated heterocycles. The fraction of sp³-hybridized carbons (Fsp3) is 0.389. The van der Waals surface area contributed by atoms with Gasteiger partial charge in [-0.15, -0.1) is 0 Å². The van der Waals surface area contributed by atoms with Gasteiger partial charge in [-0.2, -0.15) is 0 Å². The van der Waals surface area contributed by atoms with Crippen molar-refractivity contribution in [3.05, 3.63) is 59.4 Å². The molecule has 0 aliphatic heterocycles. The molecule has 0 radical (unpaired) electrons. The largest absolute Gasteiger partial charge is 0.487 e. The molecule has 0 fully saturated rings. The maximum absolute atomic E-state index is 5.93. The molecule has 0 unspecified atom stereocenters. The Bertz CT molecular complexity index is 552. The Balaban J connectivity index is 2.00. The van der Waals surface area contributed by atoms with E-state index in [1.807, 2.05) is 37.3 Å². The van der Waals surface area contributed by atoms with Crippen molar-refractivity contribution < 1.29 is 4.74 Å². The number of nitrogens with zero attached hydrogens (tertiary/aromatic N) is 1. The standard InChI is InChI=1S/C18H24N2O/c1-14(2)11-19-12-17-18(10-9-15(3)20-17)21-13-16-7-5-4-6-8-16/h4-10,14,19H,11-13H2,1-3H3. The van der Waals surface area contributed by atoms with Gasteiger partial charge < -0.3 is 10.1 Å². The summed E-state index contributed by atoms with van der Waals surface area (Å²) in [7, 11) is 0. The third-order valence-corrected chi connectivity index (χ3v) is 3.15. The lowest BCUT2D eigenvalue weighted by Crippen LogP contribution is -2.20. The molecule has 0 aliphatic carbocycles. The van der Waals surface area contributed by atoms with Crippen LogP contribution in [0.5, 0.6) is 5.75 Å². The third kappa shape index (κ3) is 5.20. The van der Waals surface area contributed by atoms with E-state index >= 15 is 0 Å². The van der Waals surface area contributed by atoms with Crippen LogP contribution in [0.1, 0.15) is 30.8 Å². The molecule has 0 spiro atoms. The van der Waals surface area contributed by atoms with E-state index < -0.39 is 0 Å². The molecule has 112 valence electrons. The number of aryl methyl sites for hydroxylation is 1. The Hall–Kier alpha value is -1.87. The average Bonchev–Trinajstić information content (AvgIpc) is 2.47. The smallest absolute Gasteiger partial charge is 0.142 e. The molecule has 2 rings (SSSR count). The summed E-state index contributed by atoms with van der Waals surface area (Å²) in [5.74, 6) is 1.49. The minimum absolute atomic E-state index is 0.572. The number of rotatable bonds is 7. The summed E-state index contributed by atoms with van der Waals surface area (Å²) in [6.07, 6.45) is 0. The molecule has 0 amide bonds. The molecule has 1 N–H and O–H groups in total. The Morgan fingerprint density at radius 1 is 1.10 bits per heavy atom. The highest BCUT2D eigenvalue weighted by Gasteiger charge is 2.06. The van der Waals surface area contributed by atoms with E-state index in [0.29, 0.717) is 12.5 Å². The molecule has 0 saturated carbocycles. The van der Waals surface area contributed by atoms with Gasteiger partial charge >= 0.3 is 0 Å². The minimum Gasteiger partial charge on any atom is -0.487 e. The molecule has 0 aliphatic rings. The summed E-state index contributed by atoms with van der Waals surface area (Å²) in [4.78, 5) is 4.59. The van der Waals surface area contributed by atoms with Crippen molar-refractivity contribution >= 4 is 0 Å². The first-order chi connectivity index (χ1) is 10.1. The second-order valence-corrected chi connectivity index (χ2v) is 5.70. The number of aromatic nitrogens is 1. The van der Waals surface area contributed by atoms with Gasteiger partial charge in [0.1, 0.15) is 12.4 Å². The van der Waals surface area contributed by atoms with Gasteiger partial charge in [0, 0.05) is 12.2 Å². The zero-order valence-corrected chi connectivity index (χ0v) is 13.1. The molecule has 21 heavy (non-hydrogen) atoms. The van der Waals surface area contributed by atoms with Gasteiger partial charge in [0.15, 0.2) is 0 Å². The highest BCUT2D eigenvalue weighted by Crippen LogP contribution is 2.18.